The number of halogens is 4. The minimum absolute atomic E-state index is 0.106. The lowest BCUT2D eigenvalue weighted by atomic mass is 10.1. The molecular weight excluding hydrogens is 511 g/mol. The average Bonchev–Trinajstić information content (AvgIpc) is 3.33. The Bertz CT molecular complexity index is 1430. The second kappa shape index (κ2) is 9.88. The molecule has 0 saturated carbocycles. The van der Waals surface area contributed by atoms with E-state index >= 15 is 8.78 Å². The van der Waals surface area contributed by atoms with Crippen LogP contribution in [0.15, 0.2) is 36.7 Å². The number of anilines is 3. The van der Waals surface area contributed by atoms with E-state index in [1.807, 2.05) is 4.90 Å². The van der Waals surface area contributed by atoms with Gasteiger partial charge in [0, 0.05) is 48.3 Å². The van der Waals surface area contributed by atoms with Crippen LogP contribution in [0.4, 0.5) is 26.0 Å². The van der Waals surface area contributed by atoms with Crippen molar-refractivity contribution in [3.05, 3.63) is 75.2 Å². The van der Waals surface area contributed by atoms with Gasteiger partial charge in [0.25, 0.3) is 5.91 Å². The van der Waals surface area contributed by atoms with E-state index in [1.54, 1.807) is 18.2 Å². The molecule has 4 aromatic rings. The zero-order valence-corrected chi connectivity index (χ0v) is 20.4. The van der Waals surface area contributed by atoms with Crippen LogP contribution in [0, 0.1) is 11.6 Å². The zero-order chi connectivity index (χ0) is 25.4. The lowest BCUT2D eigenvalue weighted by molar-refractivity contribution is 0.100. The van der Waals surface area contributed by atoms with E-state index in [-0.39, 0.29) is 23.3 Å². The number of piperazine rings is 1. The van der Waals surface area contributed by atoms with Gasteiger partial charge < -0.3 is 26.3 Å². The number of benzene rings is 2. The maximum Gasteiger partial charge on any atom is 0.254 e. The largest absolute Gasteiger partial charge is 0.369 e. The Kier molecular flexibility index (Phi) is 6.65. The van der Waals surface area contributed by atoms with E-state index in [1.165, 1.54) is 18.5 Å². The maximum absolute atomic E-state index is 15.1. The highest BCUT2D eigenvalue weighted by Crippen LogP contribution is 2.34. The van der Waals surface area contributed by atoms with Gasteiger partial charge in [-0.05, 0) is 29.8 Å². The summed E-state index contributed by atoms with van der Waals surface area (Å²) >= 11 is 12.7. The molecule has 1 saturated heterocycles. The van der Waals surface area contributed by atoms with E-state index < -0.39 is 23.2 Å². The first-order valence-electron chi connectivity index (χ1n) is 11.1. The Labute approximate surface area is 214 Å². The minimum Gasteiger partial charge on any atom is -0.369 e. The monoisotopic (exact) mass is 531 g/mol. The molecule has 1 amide bonds. The number of hydrogen-bond acceptors (Lipinski definition) is 6. The third-order valence-corrected chi connectivity index (χ3v) is 6.76. The Balaban J connectivity index is 1.59. The molecule has 36 heavy (non-hydrogen) atoms. The number of nitrogens with two attached hydrogens (primary N) is 1. The van der Waals surface area contributed by atoms with E-state index in [4.69, 9.17) is 28.9 Å². The summed E-state index contributed by atoms with van der Waals surface area (Å²) in [6.07, 6.45) is 1.54. The van der Waals surface area contributed by atoms with Crippen molar-refractivity contribution in [2.45, 2.75) is 6.42 Å². The molecule has 5 N–H and O–H groups in total. The van der Waals surface area contributed by atoms with Crippen molar-refractivity contribution in [2.75, 3.05) is 36.4 Å². The van der Waals surface area contributed by atoms with Gasteiger partial charge in [0.1, 0.15) is 22.6 Å². The molecule has 0 bridgehead atoms. The third-order valence-electron chi connectivity index (χ3n) is 6.05. The van der Waals surface area contributed by atoms with Crippen molar-refractivity contribution in [3.63, 3.8) is 0 Å². The second-order valence-corrected chi connectivity index (χ2v) is 9.11. The maximum atomic E-state index is 15.1. The smallest absolute Gasteiger partial charge is 0.254 e. The fourth-order valence-corrected chi connectivity index (χ4v) is 4.82. The summed E-state index contributed by atoms with van der Waals surface area (Å²) < 4.78 is 30.3. The summed E-state index contributed by atoms with van der Waals surface area (Å²) in [5, 5.41) is 6.69. The quantitative estimate of drug-likeness (QED) is 0.293. The number of pyridine rings is 1. The molecule has 0 aliphatic carbocycles. The van der Waals surface area contributed by atoms with Gasteiger partial charge in [-0.3, -0.25) is 4.79 Å². The first-order valence-corrected chi connectivity index (χ1v) is 11.9. The average molecular weight is 532 g/mol. The number of nitrogens with one attached hydrogen (secondary N) is 3. The second-order valence-electron chi connectivity index (χ2n) is 8.30. The van der Waals surface area contributed by atoms with Crippen molar-refractivity contribution < 1.29 is 13.6 Å². The minimum atomic E-state index is -0.859. The summed E-state index contributed by atoms with van der Waals surface area (Å²) in [5.74, 6) is -2.66. The summed E-state index contributed by atoms with van der Waals surface area (Å²) in [4.78, 5) is 25.9. The van der Waals surface area contributed by atoms with Gasteiger partial charge in [-0.2, -0.15) is 0 Å². The van der Waals surface area contributed by atoms with Gasteiger partial charge in [-0.25, -0.2) is 18.7 Å². The lowest BCUT2D eigenvalue weighted by Gasteiger charge is -2.29. The predicted octanol–water partition coefficient (Wildman–Crippen LogP) is 4.39. The highest BCUT2D eigenvalue weighted by molar-refractivity contribution is 6.36. The van der Waals surface area contributed by atoms with Gasteiger partial charge in [-0.1, -0.05) is 29.3 Å². The van der Waals surface area contributed by atoms with Crippen molar-refractivity contribution in [2.24, 2.45) is 5.73 Å². The molecule has 8 nitrogen and oxygen atoms in total. The zero-order valence-electron chi connectivity index (χ0n) is 18.8. The van der Waals surface area contributed by atoms with Crippen LogP contribution in [0.2, 0.25) is 10.0 Å². The number of carbonyl (C=O) groups is 1. The standard InChI is InChI=1S/C24H21Cl2F2N7O/c25-14-2-1-3-15(26)13(14)10-18-21-22(32-11-31-21)19(23(29)36)24(33-18)34-20-16(27)8-12(9-17(20)28)35-6-4-30-5-7-35/h1-3,8-9,11,30H,4-7,10H2,(H2,29,36)(H,31,32)(H,33,34). The number of primary amides is 1. The van der Waals surface area contributed by atoms with Crippen LogP contribution in [0.5, 0.6) is 0 Å². The van der Waals surface area contributed by atoms with Crippen LogP contribution in [-0.4, -0.2) is 47.0 Å². The van der Waals surface area contributed by atoms with Crippen LogP contribution < -0.4 is 21.3 Å². The van der Waals surface area contributed by atoms with Crippen molar-refractivity contribution >= 4 is 57.3 Å². The SMILES string of the molecule is NC(=O)c1c(Nc2c(F)cc(N3CCNCC3)cc2F)nc(Cc2c(Cl)cccc2Cl)c2[nH]cnc12. The number of amides is 1. The van der Waals surface area contributed by atoms with Crippen LogP contribution in [-0.2, 0) is 6.42 Å². The number of H-pyrrole nitrogens is 1. The normalized spacial score (nSPS) is 13.8. The van der Waals surface area contributed by atoms with E-state index in [2.05, 4.69) is 25.6 Å². The number of nitrogens with zero attached hydrogens (tertiary/aromatic N) is 3. The molecular formula is C24H21Cl2F2N7O. The van der Waals surface area contributed by atoms with Crippen LogP contribution >= 0.6 is 23.2 Å². The Morgan fingerprint density at radius 3 is 2.44 bits per heavy atom. The molecule has 1 aliphatic rings. The third kappa shape index (κ3) is 4.55. The van der Waals surface area contributed by atoms with Crippen molar-refractivity contribution in [1.82, 2.24) is 20.3 Å². The number of hydrogen-bond donors (Lipinski definition) is 4. The van der Waals surface area contributed by atoms with Gasteiger partial charge in [0.05, 0.1) is 17.5 Å². The lowest BCUT2D eigenvalue weighted by Crippen LogP contribution is -2.43. The van der Waals surface area contributed by atoms with E-state index in [0.29, 0.717) is 45.6 Å². The number of imidazole rings is 1. The number of carbonyl (C=O) groups excluding carboxylic acids is 1. The van der Waals surface area contributed by atoms with Crippen LogP contribution in [0.3, 0.4) is 0 Å². The predicted molar refractivity (Wildman–Crippen MR) is 136 cm³/mol. The number of aromatic amines is 1. The Morgan fingerprint density at radius 1 is 1.14 bits per heavy atom. The van der Waals surface area contributed by atoms with Gasteiger partial charge in [-0.15, -0.1) is 0 Å². The first-order chi connectivity index (χ1) is 17.3. The Hall–Kier alpha value is -3.47. The fraction of sp³-hybridized carbons (Fsp3) is 0.208. The molecule has 0 radical (unpaired) electrons. The summed E-state index contributed by atoms with van der Waals surface area (Å²) in [6, 6.07) is 7.59. The van der Waals surface area contributed by atoms with Crippen LogP contribution in [0.1, 0.15) is 21.6 Å². The Morgan fingerprint density at radius 2 is 1.81 bits per heavy atom. The number of fused-ring (bicyclic) bond motifs is 1. The molecule has 2 aromatic heterocycles. The molecule has 5 rings (SSSR count). The molecule has 12 heteroatoms. The summed E-state index contributed by atoms with van der Waals surface area (Å²) in [6.45, 7) is 2.69. The summed E-state index contributed by atoms with van der Waals surface area (Å²) in [5.41, 5.74) is 7.13. The molecule has 0 spiro atoms. The molecule has 186 valence electrons. The van der Waals surface area contributed by atoms with Crippen molar-refractivity contribution in [1.29, 1.82) is 0 Å². The molecule has 0 atom stereocenters. The highest BCUT2D eigenvalue weighted by Gasteiger charge is 2.24. The highest BCUT2D eigenvalue weighted by atomic mass is 35.5. The number of rotatable bonds is 6. The van der Waals surface area contributed by atoms with E-state index in [9.17, 15) is 4.79 Å². The molecule has 1 aliphatic heterocycles. The van der Waals surface area contributed by atoms with Crippen molar-refractivity contribution in [3.8, 4) is 0 Å². The molecule has 0 unspecified atom stereocenters. The van der Waals surface area contributed by atoms with Gasteiger partial charge in [0.2, 0.25) is 0 Å². The van der Waals surface area contributed by atoms with Gasteiger partial charge >= 0.3 is 0 Å². The number of aromatic nitrogens is 3. The topological polar surface area (TPSA) is 112 Å². The molecule has 2 aromatic carbocycles. The fourth-order valence-electron chi connectivity index (χ4n) is 4.29. The van der Waals surface area contributed by atoms with Gasteiger partial charge in [0.15, 0.2) is 11.6 Å². The van der Waals surface area contributed by atoms with Crippen LogP contribution in [0.25, 0.3) is 11.0 Å². The first kappa shape index (κ1) is 24.2. The van der Waals surface area contributed by atoms with E-state index in [0.717, 1.165) is 13.1 Å². The molecule has 1 fully saturated rings. The summed E-state index contributed by atoms with van der Waals surface area (Å²) in [7, 11) is 0. The molecule has 3 heterocycles.